The number of aromatic carboxylic acids is 1. The Morgan fingerprint density at radius 2 is 1.59 bits per heavy atom. The fourth-order valence-electron chi connectivity index (χ4n) is 2.06. The Kier molecular flexibility index (Phi) is 6.34. The van der Waals surface area contributed by atoms with Gasteiger partial charge in [0.05, 0.1) is 12.8 Å². The number of carboxylic acid groups (broad SMARTS) is 1. The number of carbonyl (C=O) groups is 3. The maximum atomic E-state index is 12.8. The molecular weight excluding hydrogens is 382 g/mol. The van der Waals surface area contributed by atoms with Crippen LogP contribution in [0.25, 0.3) is 0 Å². The number of ether oxygens (including phenoxy) is 3. The van der Waals surface area contributed by atoms with E-state index in [1.54, 1.807) is 41.5 Å². The van der Waals surface area contributed by atoms with Crippen LogP contribution in [0.5, 0.6) is 5.88 Å². The van der Waals surface area contributed by atoms with Crippen LogP contribution in [0, 0.1) is 5.92 Å². The van der Waals surface area contributed by atoms with Crippen LogP contribution in [0.15, 0.2) is 6.20 Å². The number of hydrogen-bond acceptors (Lipinski definition) is 8. The van der Waals surface area contributed by atoms with E-state index in [4.69, 9.17) is 14.2 Å². The van der Waals surface area contributed by atoms with Gasteiger partial charge in [-0.05, 0) is 60.3 Å². The molecule has 1 aliphatic carbocycles. The highest BCUT2D eigenvalue weighted by atomic mass is 16.6. The lowest BCUT2D eigenvalue weighted by Crippen LogP contribution is -2.44. The molecule has 0 aromatic carbocycles. The maximum Gasteiger partial charge on any atom is 0.425 e. The molecule has 1 aromatic heterocycles. The molecule has 0 radical (unpaired) electrons. The third kappa shape index (κ3) is 6.88. The zero-order valence-electron chi connectivity index (χ0n) is 17.5. The molecule has 2 rings (SSSR count). The Morgan fingerprint density at radius 1 is 1.07 bits per heavy atom. The molecule has 29 heavy (non-hydrogen) atoms. The van der Waals surface area contributed by atoms with Crippen molar-refractivity contribution >= 4 is 24.0 Å². The van der Waals surface area contributed by atoms with Crippen LogP contribution in [0.1, 0.15) is 64.9 Å². The molecule has 10 nitrogen and oxygen atoms in total. The van der Waals surface area contributed by atoms with E-state index in [9.17, 15) is 19.5 Å². The van der Waals surface area contributed by atoms with E-state index in [-0.39, 0.29) is 24.0 Å². The Morgan fingerprint density at radius 3 is 2.00 bits per heavy atom. The standard InChI is InChI=1S/C19H27N3O7/c1-18(2,3)28-16(25)22(17(26)29-19(4,5)6)13-14(27-10-11-7-8-11)21-12(9-20-13)15(23)24/h9,11H,7-8,10H2,1-6H3,(H,23,24). The summed E-state index contributed by atoms with van der Waals surface area (Å²) in [5, 5.41) is 9.20. The van der Waals surface area contributed by atoms with Gasteiger partial charge in [-0.3, -0.25) is 0 Å². The minimum atomic E-state index is -1.32. The smallest absolute Gasteiger partial charge is 0.425 e. The van der Waals surface area contributed by atoms with Gasteiger partial charge < -0.3 is 19.3 Å². The SMILES string of the molecule is CC(C)(C)OC(=O)N(C(=O)OC(C)(C)C)c1ncc(C(=O)O)nc1OCC1CC1. The second-order valence-electron chi connectivity index (χ2n) is 8.74. The Hall–Kier alpha value is -2.91. The maximum absolute atomic E-state index is 12.8. The fourth-order valence-corrected chi connectivity index (χ4v) is 2.06. The number of carbonyl (C=O) groups excluding carboxylic acids is 2. The first-order chi connectivity index (χ1) is 13.3. The Labute approximate surface area is 169 Å². The minimum absolute atomic E-state index is 0.256. The van der Waals surface area contributed by atoms with Gasteiger partial charge in [-0.2, -0.15) is 4.90 Å². The van der Waals surface area contributed by atoms with E-state index in [0.717, 1.165) is 19.0 Å². The van der Waals surface area contributed by atoms with E-state index in [1.807, 2.05) is 0 Å². The average Bonchev–Trinajstić information content (AvgIpc) is 3.34. The lowest BCUT2D eigenvalue weighted by molar-refractivity contribution is 0.0426. The highest BCUT2D eigenvalue weighted by Crippen LogP contribution is 2.32. The number of aromatic nitrogens is 2. The van der Waals surface area contributed by atoms with Crippen molar-refractivity contribution < 1.29 is 33.7 Å². The molecular formula is C19H27N3O7. The third-order valence-electron chi connectivity index (χ3n) is 3.46. The molecule has 0 atom stereocenters. The Balaban J connectivity index is 2.47. The van der Waals surface area contributed by atoms with Crippen molar-refractivity contribution in [3.63, 3.8) is 0 Å². The van der Waals surface area contributed by atoms with Gasteiger partial charge in [-0.25, -0.2) is 24.4 Å². The summed E-state index contributed by atoms with van der Waals surface area (Å²) >= 11 is 0. The van der Waals surface area contributed by atoms with Crippen LogP contribution < -0.4 is 9.64 Å². The van der Waals surface area contributed by atoms with Crippen LogP contribution >= 0.6 is 0 Å². The van der Waals surface area contributed by atoms with Gasteiger partial charge in [-0.1, -0.05) is 0 Å². The molecule has 0 aliphatic heterocycles. The number of imide groups is 1. The summed E-state index contributed by atoms with van der Waals surface area (Å²) in [6.45, 7) is 10.1. The van der Waals surface area contributed by atoms with Crippen molar-refractivity contribution in [1.29, 1.82) is 0 Å². The number of hydrogen-bond donors (Lipinski definition) is 1. The van der Waals surface area contributed by atoms with Gasteiger partial charge in [0.25, 0.3) is 5.88 Å². The van der Waals surface area contributed by atoms with Crippen molar-refractivity contribution in [3.05, 3.63) is 11.9 Å². The van der Waals surface area contributed by atoms with Gasteiger partial charge >= 0.3 is 18.2 Å². The summed E-state index contributed by atoms with van der Waals surface area (Å²) in [5.74, 6) is -1.55. The highest BCUT2D eigenvalue weighted by molar-refractivity contribution is 6.09. The molecule has 160 valence electrons. The molecule has 1 fully saturated rings. The van der Waals surface area contributed by atoms with E-state index in [0.29, 0.717) is 10.8 Å². The predicted octanol–water partition coefficient (Wildman–Crippen LogP) is 3.64. The summed E-state index contributed by atoms with van der Waals surface area (Å²) in [6.07, 6.45) is 0.802. The molecule has 0 unspecified atom stereocenters. The van der Waals surface area contributed by atoms with Crippen LogP contribution in [-0.2, 0) is 9.47 Å². The third-order valence-corrected chi connectivity index (χ3v) is 3.46. The van der Waals surface area contributed by atoms with Crippen molar-refractivity contribution in [3.8, 4) is 5.88 Å². The molecule has 1 N–H and O–H groups in total. The molecule has 0 bridgehead atoms. The van der Waals surface area contributed by atoms with Crippen LogP contribution in [0.2, 0.25) is 0 Å². The first-order valence-corrected chi connectivity index (χ1v) is 9.26. The number of anilines is 1. The van der Waals surface area contributed by atoms with E-state index in [2.05, 4.69) is 9.97 Å². The summed E-state index contributed by atoms with van der Waals surface area (Å²) in [4.78, 5) is 45.2. The molecule has 10 heteroatoms. The van der Waals surface area contributed by atoms with Gasteiger partial charge in [-0.15, -0.1) is 0 Å². The number of carboxylic acids is 1. The molecule has 1 aromatic rings. The van der Waals surface area contributed by atoms with Gasteiger partial charge in [0.2, 0.25) is 5.82 Å². The summed E-state index contributed by atoms with van der Waals surface area (Å²) in [5.41, 5.74) is -2.19. The molecule has 0 spiro atoms. The van der Waals surface area contributed by atoms with Crippen LogP contribution in [-0.4, -0.2) is 51.0 Å². The fraction of sp³-hybridized carbons (Fsp3) is 0.632. The van der Waals surface area contributed by atoms with Crippen molar-refractivity contribution in [1.82, 2.24) is 9.97 Å². The zero-order valence-corrected chi connectivity index (χ0v) is 17.5. The van der Waals surface area contributed by atoms with Gasteiger partial charge in [0.15, 0.2) is 5.69 Å². The molecule has 2 amide bonds. The predicted molar refractivity (Wildman–Crippen MR) is 102 cm³/mol. The summed E-state index contributed by atoms with van der Waals surface area (Å²) in [6, 6.07) is 0. The molecule has 1 heterocycles. The van der Waals surface area contributed by atoms with Gasteiger partial charge in [0, 0.05) is 0 Å². The average molecular weight is 409 g/mol. The molecule has 1 saturated carbocycles. The first kappa shape index (κ1) is 22.4. The summed E-state index contributed by atoms with van der Waals surface area (Å²) < 4.78 is 16.2. The zero-order chi connectivity index (χ0) is 22.0. The van der Waals surface area contributed by atoms with Crippen molar-refractivity contribution in [2.45, 2.75) is 65.6 Å². The lowest BCUT2D eigenvalue weighted by atomic mass is 10.2. The van der Waals surface area contributed by atoms with E-state index in [1.165, 1.54) is 0 Å². The second kappa shape index (κ2) is 8.22. The normalized spacial score (nSPS) is 14.1. The van der Waals surface area contributed by atoms with Crippen molar-refractivity contribution in [2.75, 3.05) is 11.5 Å². The summed E-state index contributed by atoms with van der Waals surface area (Å²) in [7, 11) is 0. The van der Waals surface area contributed by atoms with E-state index < -0.39 is 29.4 Å². The number of amides is 2. The van der Waals surface area contributed by atoms with E-state index >= 15 is 0 Å². The molecule has 0 saturated heterocycles. The Bertz CT molecular complexity index is 764. The lowest BCUT2D eigenvalue weighted by Gasteiger charge is -2.28. The minimum Gasteiger partial charge on any atom is -0.476 e. The van der Waals surface area contributed by atoms with Crippen molar-refractivity contribution in [2.24, 2.45) is 5.92 Å². The number of nitrogens with zero attached hydrogens (tertiary/aromatic N) is 3. The first-order valence-electron chi connectivity index (χ1n) is 9.26. The van der Waals surface area contributed by atoms with Gasteiger partial charge in [0.1, 0.15) is 11.2 Å². The van der Waals surface area contributed by atoms with Crippen LogP contribution in [0.4, 0.5) is 15.4 Å². The monoisotopic (exact) mass is 409 g/mol. The topological polar surface area (TPSA) is 128 Å². The highest BCUT2D eigenvalue weighted by Gasteiger charge is 2.37. The molecule has 1 aliphatic rings. The largest absolute Gasteiger partial charge is 0.476 e. The second-order valence-corrected chi connectivity index (χ2v) is 8.74. The quantitative estimate of drug-likeness (QED) is 0.775. The van der Waals surface area contributed by atoms with Crippen LogP contribution in [0.3, 0.4) is 0 Å². The number of rotatable bonds is 5.